The highest BCUT2D eigenvalue weighted by molar-refractivity contribution is 7.80. The van der Waals surface area contributed by atoms with Crippen LogP contribution >= 0.6 is 12.6 Å². The van der Waals surface area contributed by atoms with Crippen LogP contribution in [0.25, 0.3) is 0 Å². The Morgan fingerprint density at radius 2 is 2.19 bits per heavy atom. The molecule has 0 aliphatic heterocycles. The Bertz CT molecular complexity index is 365. The summed E-state index contributed by atoms with van der Waals surface area (Å²) in [7, 11) is 0. The van der Waals surface area contributed by atoms with Gasteiger partial charge in [0.1, 0.15) is 6.61 Å². The Hall–Kier alpha value is -1.04. The molecule has 1 aromatic rings. The molecule has 0 heterocycles. The molecular formula is C11H14O4S. The van der Waals surface area contributed by atoms with E-state index in [1.807, 2.05) is 6.07 Å². The Balaban J connectivity index is 2.49. The Kier molecular flexibility index (Phi) is 5.31. The summed E-state index contributed by atoms with van der Waals surface area (Å²) in [5.74, 6) is -0.977. The van der Waals surface area contributed by atoms with Gasteiger partial charge in [-0.3, -0.25) is 0 Å². The lowest BCUT2D eigenvalue weighted by atomic mass is 10.1. The summed E-state index contributed by atoms with van der Waals surface area (Å²) in [5, 5.41) is 17.3. The molecule has 0 spiro atoms. The number of aliphatic carboxylic acids is 1. The molecule has 88 valence electrons. The van der Waals surface area contributed by atoms with Crippen LogP contribution in [0.4, 0.5) is 0 Å². The van der Waals surface area contributed by atoms with E-state index in [9.17, 15) is 4.79 Å². The Morgan fingerprint density at radius 3 is 2.81 bits per heavy atom. The highest BCUT2D eigenvalue weighted by atomic mass is 32.1. The van der Waals surface area contributed by atoms with E-state index >= 15 is 0 Å². The predicted molar refractivity (Wildman–Crippen MR) is 61.8 cm³/mol. The minimum atomic E-state index is -0.977. The van der Waals surface area contributed by atoms with Crippen molar-refractivity contribution in [3.63, 3.8) is 0 Å². The van der Waals surface area contributed by atoms with Crippen molar-refractivity contribution in [3.8, 4) is 0 Å². The van der Waals surface area contributed by atoms with Gasteiger partial charge in [-0.1, -0.05) is 12.1 Å². The number of hydrogen-bond donors (Lipinski definition) is 3. The van der Waals surface area contributed by atoms with E-state index in [1.54, 1.807) is 12.1 Å². The molecule has 0 saturated heterocycles. The summed E-state index contributed by atoms with van der Waals surface area (Å²) < 4.78 is 4.93. The summed E-state index contributed by atoms with van der Waals surface area (Å²) >= 11 is 4.27. The van der Waals surface area contributed by atoms with Crippen LogP contribution in [-0.2, 0) is 22.6 Å². The van der Waals surface area contributed by atoms with E-state index in [2.05, 4.69) is 12.6 Å². The second-order valence-corrected chi connectivity index (χ2v) is 3.80. The summed E-state index contributed by atoms with van der Waals surface area (Å²) in [6.07, 6.45) is 0.583. The van der Waals surface area contributed by atoms with Crippen molar-refractivity contribution in [2.45, 2.75) is 17.9 Å². The molecule has 0 aliphatic carbocycles. The van der Waals surface area contributed by atoms with Gasteiger partial charge < -0.3 is 14.9 Å². The van der Waals surface area contributed by atoms with E-state index in [0.717, 1.165) is 16.0 Å². The van der Waals surface area contributed by atoms with Crippen LogP contribution in [0.5, 0.6) is 0 Å². The molecule has 0 fully saturated rings. The molecule has 0 bridgehead atoms. The summed E-state index contributed by atoms with van der Waals surface area (Å²) in [4.78, 5) is 11.0. The van der Waals surface area contributed by atoms with Crippen molar-refractivity contribution < 1.29 is 19.7 Å². The van der Waals surface area contributed by atoms with E-state index in [4.69, 9.17) is 14.9 Å². The van der Waals surface area contributed by atoms with Gasteiger partial charge in [0.25, 0.3) is 0 Å². The van der Waals surface area contributed by atoms with Crippen molar-refractivity contribution in [2.75, 3.05) is 13.2 Å². The fourth-order valence-electron chi connectivity index (χ4n) is 1.28. The highest BCUT2D eigenvalue weighted by Gasteiger charge is 2.02. The zero-order valence-corrected chi connectivity index (χ0v) is 9.61. The third-order valence-corrected chi connectivity index (χ3v) is 2.50. The SMILES string of the molecule is O=C(O)COCCc1cc(CO)ccc1S. The second-order valence-electron chi connectivity index (χ2n) is 3.32. The van der Waals surface area contributed by atoms with Gasteiger partial charge in [-0.05, 0) is 23.6 Å². The maximum atomic E-state index is 10.2. The lowest BCUT2D eigenvalue weighted by Gasteiger charge is -2.07. The molecule has 0 saturated carbocycles. The third-order valence-electron chi connectivity index (χ3n) is 2.07. The van der Waals surface area contributed by atoms with E-state index in [0.29, 0.717) is 13.0 Å². The zero-order valence-electron chi connectivity index (χ0n) is 8.72. The Morgan fingerprint density at radius 1 is 1.44 bits per heavy atom. The maximum absolute atomic E-state index is 10.2. The summed E-state index contributed by atoms with van der Waals surface area (Å²) in [6.45, 7) is 0.0212. The van der Waals surface area contributed by atoms with E-state index in [1.165, 1.54) is 0 Å². The second kappa shape index (κ2) is 6.52. The number of aliphatic hydroxyl groups excluding tert-OH is 1. The average Bonchev–Trinajstić information content (AvgIpc) is 2.26. The van der Waals surface area contributed by atoms with Gasteiger partial charge in [0.05, 0.1) is 13.2 Å². The molecule has 5 heteroatoms. The first-order valence-corrected chi connectivity index (χ1v) is 5.29. The molecule has 1 rings (SSSR count). The monoisotopic (exact) mass is 242 g/mol. The predicted octanol–water partition coefficient (Wildman–Crippen LogP) is 1.11. The van der Waals surface area contributed by atoms with Crippen LogP contribution in [0.15, 0.2) is 23.1 Å². The lowest BCUT2D eigenvalue weighted by molar-refractivity contribution is -0.142. The van der Waals surface area contributed by atoms with Crippen LogP contribution in [-0.4, -0.2) is 29.4 Å². The number of rotatable bonds is 6. The molecule has 4 nitrogen and oxygen atoms in total. The number of carboxylic acid groups (broad SMARTS) is 1. The van der Waals surface area contributed by atoms with Crippen molar-refractivity contribution >= 4 is 18.6 Å². The van der Waals surface area contributed by atoms with Crippen molar-refractivity contribution in [3.05, 3.63) is 29.3 Å². The summed E-state index contributed by atoms with van der Waals surface area (Å²) in [5.41, 5.74) is 1.76. The van der Waals surface area contributed by atoms with Crippen LogP contribution in [0.3, 0.4) is 0 Å². The third kappa shape index (κ3) is 4.22. The number of benzene rings is 1. The van der Waals surface area contributed by atoms with Crippen molar-refractivity contribution in [2.24, 2.45) is 0 Å². The zero-order chi connectivity index (χ0) is 12.0. The van der Waals surface area contributed by atoms with Crippen molar-refractivity contribution in [1.82, 2.24) is 0 Å². The quantitative estimate of drug-likeness (QED) is 0.516. The minimum Gasteiger partial charge on any atom is -0.480 e. The van der Waals surface area contributed by atoms with Crippen LogP contribution in [0, 0.1) is 0 Å². The Labute approximate surface area is 99.3 Å². The van der Waals surface area contributed by atoms with Crippen LogP contribution in [0.2, 0.25) is 0 Å². The molecule has 16 heavy (non-hydrogen) atoms. The van der Waals surface area contributed by atoms with Crippen LogP contribution < -0.4 is 0 Å². The molecule has 2 N–H and O–H groups in total. The van der Waals surface area contributed by atoms with Crippen molar-refractivity contribution in [1.29, 1.82) is 0 Å². The van der Waals surface area contributed by atoms with Gasteiger partial charge in [-0.25, -0.2) is 4.79 Å². The van der Waals surface area contributed by atoms with Gasteiger partial charge in [0.2, 0.25) is 0 Å². The summed E-state index contributed by atoms with van der Waals surface area (Å²) in [6, 6.07) is 5.44. The molecule has 0 unspecified atom stereocenters. The van der Waals surface area contributed by atoms with Gasteiger partial charge in [0, 0.05) is 4.90 Å². The minimum absolute atomic E-state index is 0.0168. The molecule has 1 aromatic carbocycles. The molecule has 0 amide bonds. The normalized spacial score (nSPS) is 10.4. The van der Waals surface area contributed by atoms with Gasteiger partial charge in [-0.2, -0.15) is 0 Å². The number of aliphatic hydroxyl groups is 1. The first kappa shape index (κ1) is 13.0. The molecular weight excluding hydrogens is 228 g/mol. The van der Waals surface area contributed by atoms with Gasteiger partial charge in [0.15, 0.2) is 0 Å². The van der Waals surface area contributed by atoms with Gasteiger partial charge >= 0.3 is 5.97 Å². The molecule has 0 aliphatic rings. The fraction of sp³-hybridized carbons (Fsp3) is 0.364. The topological polar surface area (TPSA) is 66.8 Å². The first-order valence-electron chi connectivity index (χ1n) is 4.84. The largest absolute Gasteiger partial charge is 0.480 e. The molecule has 0 radical (unpaired) electrons. The number of thiol groups is 1. The number of carboxylic acids is 1. The highest BCUT2D eigenvalue weighted by Crippen LogP contribution is 2.16. The van der Waals surface area contributed by atoms with Gasteiger partial charge in [-0.15, -0.1) is 12.6 Å². The number of ether oxygens (including phenoxy) is 1. The number of carbonyl (C=O) groups is 1. The number of hydrogen-bond acceptors (Lipinski definition) is 4. The average molecular weight is 242 g/mol. The smallest absolute Gasteiger partial charge is 0.329 e. The lowest BCUT2D eigenvalue weighted by Crippen LogP contribution is -2.09. The maximum Gasteiger partial charge on any atom is 0.329 e. The molecule has 0 atom stereocenters. The standard InChI is InChI=1S/C11H14O4S/c12-6-8-1-2-10(16)9(5-8)3-4-15-7-11(13)14/h1-2,5,12,16H,3-4,6-7H2,(H,13,14). The van der Waals surface area contributed by atoms with Crippen LogP contribution in [0.1, 0.15) is 11.1 Å². The van der Waals surface area contributed by atoms with E-state index in [-0.39, 0.29) is 13.2 Å². The first-order chi connectivity index (χ1) is 7.63. The fourth-order valence-corrected chi connectivity index (χ4v) is 1.53. The molecule has 0 aromatic heterocycles. The van der Waals surface area contributed by atoms with E-state index < -0.39 is 5.97 Å².